The van der Waals surface area contributed by atoms with E-state index in [0.29, 0.717) is 68.2 Å². The van der Waals surface area contributed by atoms with Gasteiger partial charge < -0.3 is 25.3 Å². The average Bonchev–Trinajstić information content (AvgIpc) is 3.21. The molecule has 1 aliphatic rings. The van der Waals surface area contributed by atoms with E-state index in [1.54, 1.807) is 25.6 Å². The van der Waals surface area contributed by atoms with Gasteiger partial charge in [-0.2, -0.15) is 0 Å². The van der Waals surface area contributed by atoms with Crippen molar-refractivity contribution in [2.75, 3.05) is 36.9 Å². The van der Waals surface area contributed by atoms with Crippen LogP contribution in [0.4, 0.5) is 11.8 Å². The molecule has 11 heteroatoms. The fraction of sp³-hybridized carbons (Fsp3) is 0.476. The summed E-state index contributed by atoms with van der Waals surface area (Å²) in [6.07, 6.45) is 5.71. The van der Waals surface area contributed by atoms with Crippen LogP contribution < -0.4 is 10.6 Å². The van der Waals surface area contributed by atoms with Crippen molar-refractivity contribution in [3.63, 3.8) is 0 Å². The first-order chi connectivity index (χ1) is 15.5. The second-order valence-corrected chi connectivity index (χ2v) is 7.93. The van der Waals surface area contributed by atoms with Crippen LogP contribution in [0.3, 0.4) is 0 Å². The molecule has 1 fully saturated rings. The number of imidazole rings is 1. The smallest absolute Gasteiger partial charge is 0.219 e. The molecule has 1 aliphatic heterocycles. The van der Waals surface area contributed by atoms with Crippen LogP contribution in [-0.2, 0) is 16.1 Å². The number of Topliss-reactive ketones (excluding diaryl/α,β-unsaturated/α-hetero) is 1. The van der Waals surface area contributed by atoms with Gasteiger partial charge in [-0.1, -0.05) is 13.8 Å². The van der Waals surface area contributed by atoms with Gasteiger partial charge in [0.1, 0.15) is 0 Å². The van der Waals surface area contributed by atoms with Crippen LogP contribution in [0.2, 0.25) is 0 Å². The lowest BCUT2D eigenvalue weighted by atomic mass is 10.0. The third-order valence-electron chi connectivity index (χ3n) is 5.40. The molecule has 1 unspecified atom stereocenters. The first-order valence-corrected chi connectivity index (χ1v) is 10.7. The summed E-state index contributed by atoms with van der Waals surface area (Å²) in [5.74, 6) is 1.37. The summed E-state index contributed by atoms with van der Waals surface area (Å²) < 4.78 is 7.45. The van der Waals surface area contributed by atoms with E-state index in [-0.39, 0.29) is 23.4 Å². The Balaban J connectivity index is 1.71. The maximum atomic E-state index is 11.8. The molecular weight excluding hydrogens is 410 g/mol. The number of rotatable bonds is 8. The molecule has 3 aromatic heterocycles. The van der Waals surface area contributed by atoms with Crippen LogP contribution in [0.25, 0.3) is 22.6 Å². The van der Waals surface area contributed by atoms with Crippen LogP contribution >= 0.6 is 0 Å². The van der Waals surface area contributed by atoms with Gasteiger partial charge in [-0.3, -0.25) is 4.79 Å². The molecule has 1 saturated heterocycles. The Labute approximate surface area is 185 Å². The van der Waals surface area contributed by atoms with Crippen LogP contribution in [-0.4, -0.2) is 67.3 Å². The molecule has 4 rings (SSSR count). The van der Waals surface area contributed by atoms with Crippen molar-refractivity contribution in [3.8, 4) is 11.4 Å². The number of carbonyl (C=O) groups is 1. The molecule has 32 heavy (non-hydrogen) atoms. The number of nitrogens with zero attached hydrogens (tertiary/aromatic N) is 7. The van der Waals surface area contributed by atoms with Gasteiger partial charge in [-0.25, -0.2) is 24.9 Å². The predicted octanol–water partition coefficient (Wildman–Crippen LogP) is 1.73. The molecule has 3 N–H and O–H groups in total. The first kappa shape index (κ1) is 21.8. The molecule has 0 saturated carbocycles. The zero-order valence-corrected chi connectivity index (χ0v) is 18.3. The fourth-order valence-electron chi connectivity index (χ4n) is 3.72. The van der Waals surface area contributed by atoms with Gasteiger partial charge in [0.25, 0.3) is 0 Å². The second kappa shape index (κ2) is 9.35. The molecule has 0 radical (unpaired) electrons. The number of anilines is 2. The zero-order chi connectivity index (χ0) is 22.7. The largest absolute Gasteiger partial charge is 0.378 e. The fourth-order valence-corrected chi connectivity index (χ4v) is 3.72. The van der Waals surface area contributed by atoms with Crippen molar-refractivity contribution >= 4 is 34.4 Å². The summed E-state index contributed by atoms with van der Waals surface area (Å²) in [5, 5.41) is 8.01. The Hall–Kier alpha value is -3.47. The van der Waals surface area contributed by atoms with Gasteiger partial charge in [0.2, 0.25) is 5.95 Å². The Morgan fingerprint density at radius 1 is 1.22 bits per heavy atom. The highest BCUT2D eigenvalue weighted by Gasteiger charge is 2.22. The number of aromatic nitrogens is 6. The zero-order valence-electron chi connectivity index (χ0n) is 18.3. The van der Waals surface area contributed by atoms with E-state index in [0.717, 1.165) is 5.82 Å². The number of hydrogen-bond acceptors (Lipinski definition) is 10. The van der Waals surface area contributed by atoms with Crippen molar-refractivity contribution in [1.29, 1.82) is 5.41 Å². The van der Waals surface area contributed by atoms with E-state index >= 15 is 0 Å². The van der Waals surface area contributed by atoms with Gasteiger partial charge >= 0.3 is 0 Å². The van der Waals surface area contributed by atoms with E-state index < -0.39 is 0 Å². The molecular formula is C21H27N9O2. The average molecular weight is 438 g/mol. The minimum atomic E-state index is -0.116. The lowest BCUT2D eigenvalue weighted by Gasteiger charge is -2.28. The van der Waals surface area contributed by atoms with Crippen LogP contribution in [0.5, 0.6) is 0 Å². The number of carbonyl (C=O) groups excluding carboxylic acids is 1. The predicted molar refractivity (Wildman–Crippen MR) is 121 cm³/mol. The molecule has 1 atom stereocenters. The Kier molecular flexibility index (Phi) is 6.35. The quantitative estimate of drug-likeness (QED) is 0.502. The lowest BCUT2D eigenvalue weighted by molar-refractivity contribution is -0.112. The van der Waals surface area contributed by atoms with Crippen molar-refractivity contribution in [2.45, 2.75) is 33.2 Å². The minimum Gasteiger partial charge on any atom is -0.378 e. The molecule has 0 amide bonds. The number of fused-ring (bicyclic) bond motifs is 1. The van der Waals surface area contributed by atoms with Gasteiger partial charge in [0.05, 0.1) is 30.8 Å². The van der Waals surface area contributed by atoms with E-state index in [2.05, 4.69) is 19.9 Å². The van der Waals surface area contributed by atoms with Crippen LogP contribution in [0, 0.1) is 11.3 Å². The van der Waals surface area contributed by atoms with Gasteiger partial charge in [0.15, 0.2) is 28.6 Å². The summed E-state index contributed by atoms with van der Waals surface area (Å²) in [6, 6.07) is 0. The summed E-state index contributed by atoms with van der Waals surface area (Å²) in [5.41, 5.74) is 7.85. The maximum absolute atomic E-state index is 11.8. The molecule has 0 bridgehead atoms. The summed E-state index contributed by atoms with van der Waals surface area (Å²) in [7, 11) is 0. The van der Waals surface area contributed by atoms with E-state index in [1.807, 2.05) is 11.5 Å². The monoisotopic (exact) mass is 437 g/mol. The highest BCUT2D eigenvalue weighted by molar-refractivity contribution is 6.38. The van der Waals surface area contributed by atoms with Gasteiger partial charge in [-0.05, 0) is 12.3 Å². The standard InChI is InChI=1S/C21H27N9O2/c1-3-16(31)15(22)8-13(2)11-30-12-26-17-19(29-4-6-32-7-5-29)27-18(28-20(17)30)14-9-24-21(23)25-10-14/h9-10,12-13,22H,3-8,11H2,1-2H3,(H2,23,24,25). The molecule has 4 heterocycles. The molecule has 11 nitrogen and oxygen atoms in total. The van der Waals surface area contributed by atoms with Crippen molar-refractivity contribution < 1.29 is 9.53 Å². The SMILES string of the molecule is CCC(=O)C(=N)CC(C)Cn1cnc2c(N3CCOCC3)nc(-c3cnc(N)nc3)nc21. The van der Waals surface area contributed by atoms with Crippen molar-refractivity contribution in [3.05, 3.63) is 18.7 Å². The topological polar surface area (TPSA) is 149 Å². The second-order valence-electron chi connectivity index (χ2n) is 7.93. The van der Waals surface area contributed by atoms with Crippen molar-refractivity contribution in [2.24, 2.45) is 5.92 Å². The number of hydrogen-bond donors (Lipinski definition) is 2. The summed E-state index contributed by atoms with van der Waals surface area (Å²) in [6.45, 7) is 7.04. The molecule has 0 spiro atoms. The minimum absolute atomic E-state index is 0.0699. The van der Waals surface area contributed by atoms with Gasteiger partial charge in [0, 0.05) is 38.4 Å². The number of nitrogens with one attached hydrogen (secondary N) is 1. The van der Waals surface area contributed by atoms with Crippen LogP contribution in [0.15, 0.2) is 18.7 Å². The number of ether oxygens (including phenoxy) is 1. The number of ketones is 1. The highest BCUT2D eigenvalue weighted by atomic mass is 16.5. The van der Waals surface area contributed by atoms with E-state index in [9.17, 15) is 4.79 Å². The Bertz CT molecular complexity index is 1120. The number of nitrogen functional groups attached to an aromatic ring is 1. The van der Waals surface area contributed by atoms with Gasteiger partial charge in [-0.15, -0.1) is 0 Å². The third-order valence-corrected chi connectivity index (χ3v) is 5.40. The maximum Gasteiger partial charge on any atom is 0.219 e. The molecule has 168 valence electrons. The normalized spacial score (nSPS) is 15.1. The lowest BCUT2D eigenvalue weighted by Crippen LogP contribution is -2.37. The van der Waals surface area contributed by atoms with Crippen molar-refractivity contribution in [1.82, 2.24) is 29.5 Å². The summed E-state index contributed by atoms with van der Waals surface area (Å²) >= 11 is 0. The highest BCUT2D eigenvalue weighted by Crippen LogP contribution is 2.27. The molecule has 0 aromatic carbocycles. The van der Waals surface area contributed by atoms with E-state index in [1.165, 1.54) is 0 Å². The van der Waals surface area contributed by atoms with Crippen LogP contribution in [0.1, 0.15) is 26.7 Å². The Morgan fingerprint density at radius 2 is 1.94 bits per heavy atom. The first-order valence-electron chi connectivity index (χ1n) is 10.7. The summed E-state index contributed by atoms with van der Waals surface area (Å²) in [4.78, 5) is 36.2. The van der Waals surface area contributed by atoms with E-state index in [4.69, 9.17) is 25.8 Å². The molecule has 3 aromatic rings. The third kappa shape index (κ3) is 4.57. The number of morpholine rings is 1. The number of nitrogens with two attached hydrogens (primary N) is 1. The molecule has 0 aliphatic carbocycles. The Morgan fingerprint density at radius 3 is 2.62 bits per heavy atom.